The normalized spacial score (nSPS) is 10.0. The number of nitrogens with one attached hydrogen (secondary N) is 1. The number of allylic oxidation sites excluding steroid dienone is 1. The van der Waals surface area contributed by atoms with Gasteiger partial charge in [-0.25, -0.2) is 4.98 Å². The second-order valence-corrected chi connectivity index (χ2v) is 4.77. The van der Waals surface area contributed by atoms with Gasteiger partial charge in [-0.15, -0.1) is 0 Å². The van der Waals surface area contributed by atoms with Crippen molar-refractivity contribution in [3.63, 3.8) is 0 Å². The third-order valence-electron chi connectivity index (χ3n) is 3.14. The summed E-state index contributed by atoms with van der Waals surface area (Å²) in [5.41, 5.74) is 10.5. The van der Waals surface area contributed by atoms with Crippen LogP contribution in [0.4, 0.5) is 17.2 Å². The Labute approximate surface area is 125 Å². The van der Waals surface area contributed by atoms with E-state index in [-0.39, 0.29) is 0 Å². The number of ether oxygens (including phenoxy) is 1. The van der Waals surface area contributed by atoms with Gasteiger partial charge in [-0.05, 0) is 30.7 Å². The van der Waals surface area contributed by atoms with Crippen molar-refractivity contribution < 1.29 is 4.74 Å². The lowest BCUT2D eigenvalue weighted by Gasteiger charge is -2.12. The van der Waals surface area contributed by atoms with Crippen LogP contribution in [-0.2, 0) is 4.74 Å². The maximum atomic E-state index is 5.90. The van der Waals surface area contributed by atoms with E-state index in [1.807, 2.05) is 37.3 Å². The molecule has 0 saturated carbocycles. The maximum Gasteiger partial charge on any atom is 0.147 e. The molecule has 0 amide bonds. The van der Waals surface area contributed by atoms with E-state index in [4.69, 9.17) is 10.5 Å². The summed E-state index contributed by atoms with van der Waals surface area (Å²) in [5, 5.41) is 3.24. The van der Waals surface area contributed by atoms with Crippen LogP contribution in [0.1, 0.15) is 18.1 Å². The fraction of sp³-hybridized carbons (Fsp3) is 0.118. The third kappa shape index (κ3) is 3.42. The van der Waals surface area contributed by atoms with Crippen molar-refractivity contribution in [2.75, 3.05) is 18.2 Å². The highest BCUT2D eigenvalue weighted by Crippen LogP contribution is 2.26. The maximum absolute atomic E-state index is 5.90. The highest BCUT2D eigenvalue weighted by atomic mass is 16.5. The number of anilines is 3. The summed E-state index contributed by atoms with van der Waals surface area (Å²) in [7, 11) is 1.57. The summed E-state index contributed by atoms with van der Waals surface area (Å²) < 4.78 is 5.11. The molecule has 0 bridgehead atoms. The molecule has 0 radical (unpaired) electrons. The Kier molecular flexibility index (Phi) is 4.28. The first kappa shape index (κ1) is 14.7. The van der Waals surface area contributed by atoms with Gasteiger partial charge in [-0.3, -0.25) is 0 Å². The van der Waals surface area contributed by atoms with Crippen LogP contribution in [0.15, 0.2) is 49.7 Å². The highest BCUT2D eigenvalue weighted by molar-refractivity contribution is 5.74. The molecular formula is C17H19N3O. The Bertz CT molecular complexity index is 675. The van der Waals surface area contributed by atoms with Crippen LogP contribution in [0.5, 0.6) is 0 Å². The van der Waals surface area contributed by atoms with Gasteiger partial charge >= 0.3 is 0 Å². The second kappa shape index (κ2) is 6.13. The Morgan fingerprint density at radius 3 is 2.43 bits per heavy atom. The molecule has 0 unspecified atom stereocenters. The molecule has 0 fully saturated rings. The molecule has 108 valence electrons. The van der Waals surface area contributed by atoms with Crippen molar-refractivity contribution >= 4 is 28.5 Å². The van der Waals surface area contributed by atoms with Crippen molar-refractivity contribution in [2.45, 2.75) is 6.92 Å². The fourth-order valence-electron chi connectivity index (χ4n) is 1.84. The molecule has 0 aliphatic rings. The first-order valence-electron chi connectivity index (χ1n) is 6.53. The zero-order valence-corrected chi connectivity index (χ0v) is 12.3. The van der Waals surface area contributed by atoms with E-state index >= 15 is 0 Å². The number of rotatable bonds is 5. The number of benzene rings is 1. The van der Waals surface area contributed by atoms with Gasteiger partial charge in [-0.2, -0.15) is 0 Å². The van der Waals surface area contributed by atoms with E-state index in [0.717, 1.165) is 22.4 Å². The molecule has 2 rings (SSSR count). The zero-order valence-electron chi connectivity index (χ0n) is 12.3. The second-order valence-electron chi connectivity index (χ2n) is 4.77. The van der Waals surface area contributed by atoms with Gasteiger partial charge in [0.2, 0.25) is 0 Å². The molecule has 0 aliphatic heterocycles. The van der Waals surface area contributed by atoms with E-state index in [1.165, 1.54) is 0 Å². The molecule has 0 atom stereocenters. The zero-order chi connectivity index (χ0) is 15.4. The molecule has 0 saturated heterocycles. The minimum absolute atomic E-state index is 0.423. The van der Waals surface area contributed by atoms with Crippen molar-refractivity contribution in [3.8, 4) is 0 Å². The van der Waals surface area contributed by atoms with Gasteiger partial charge in [-0.1, -0.05) is 30.9 Å². The Morgan fingerprint density at radius 1 is 1.19 bits per heavy atom. The molecule has 1 heterocycles. The summed E-state index contributed by atoms with van der Waals surface area (Å²) >= 11 is 0. The average Bonchev–Trinajstić information content (AvgIpc) is 2.49. The number of hydrogen-bond acceptors (Lipinski definition) is 4. The topological polar surface area (TPSA) is 60.2 Å². The van der Waals surface area contributed by atoms with Gasteiger partial charge < -0.3 is 15.8 Å². The number of hydrogen-bond donors (Lipinski definition) is 2. The quantitative estimate of drug-likeness (QED) is 0.811. The van der Waals surface area contributed by atoms with Gasteiger partial charge in [0.25, 0.3) is 0 Å². The summed E-state index contributed by atoms with van der Waals surface area (Å²) in [6.07, 6.45) is 1.64. The van der Waals surface area contributed by atoms with Gasteiger partial charge in [0.1, 0.15) is 11.6 Å². The number of nitrogens with two attached hydrogens (primary N) is 1. The number of pyridine rings is 1. The monoisotopic (exact) mass is 281 g/mol. The van der Waals surface area contributed by atoms with E-state index in [9.17, 15) is 0 Å². The van der Waals surface area contributed by atoms with Crippen LogP contribution < -0.4 is 11.1 Å². The standard InChI is InChI=1S/C17H19N3O/c1-11(2)13-5-7-15(8-6-13)20-16-9-14(12(3)21-4)10-19-17(16)18/h5-10,20H,1,3H2,2,4H3,(H2,18,19). The third-order valence-corrected chi connectivity index (χ3v) is 3.14. The summed E-state index contributed by atoms with van der Waals surface area (Å²) in [5.74, 6) is 0.967. The van der Waals surface area contributed by atoms with E-state index in [1.54, 1.807) is 13.3 Å². The van der Waals surface area contributed by atoms with E-state index < -0.39 is 0 Å². The van der Waals surface area contributed by atoms with Crippen LogP contribution in [0, 0.1) is 0 Å². The van der Waals surface area contributed by atoms with Crippen molar-refractivity contribution in [1.29, 1.82) is 0 Å². The predicted octanol–water partition coefficient (Wildman–Crippen LogP) is 4.06. The minimum Gasteiger partial charge on any atom is -0.497 e. The van der Waals surface area contributed by atoms with E-state index in [2.05, 4.69) is 23.5 Å². The number of methoxy groups -OCH3 is 1. The van der Waals surface area contributed by atoms with Crippen LogP contribution in [0.3, 0.4) is 0 Å². The molecule has 21 heavy (non-hydrogen) atoms. The predicted molar refractivity (Wildman–Crippen MR) is 89.1 cm³/mol. The number of aromatic nitrogens is 1. The smallest absolute Gasteiger partial charge is 0.147 e. The SMILES string of the molecule is C=C(C)c1ccc(Nc2cc(C(=C)OC)cnc2N)cc1. The molecule has 1 aromatic heterocycles. The van der Waals surface area contributed by atoms with Crippen molar-refractivity contribution in [3.05, 3.63) is 60.8 Å². The molecule has 4 nitrogen and oxygen atoms in total. The van der Waals surface area contributed by atoms with Crippen LogP contribution in [-0.4, -0.2) is 12.1 Å². The lowest BCUT2D eigenvalue weighted by atomic mass is 10.1. The van der Waals surface area contributed by atoms with Gasteiger partial charge in [0, 0.05) is 17.4 Å². The molecule has 3 N–H and O–H groups in total. The molecule has 0 spiro atoms. The fourth-order valence-corrected chi connectivity index (χ4v) is 1.84. The Hall–Kier alpha value is -2.75. The first-order chi connectivity index (χ1) is 10.0. The van der Waals surface area contributed by atoms with E-state index in [0.29, 0.717) is 17.3 Å². The largest absolute Gasteiger partial charge is 0.497 e. The highest BCUT2D eigenvalue weighted by Gasteiger charge is 2.06. The molecular weight excluding hydrogens is 262 g/mol. The van der Waals surface area contributed by atoms with Crippen molar-refractivity contribution in [2.24, 2.45) is 0 Å². The summed E-state index contributed by atoms with van der Waals surface area (Å²) in [4.78, 5) is 4.15. The molecule has 1 aromatic carbocycles. The molecule has 4 heteroatoms. The minimum atomic E-state index is 0.423. The average molecular weight is 281 g/mol. The van der Waals surface area contributed by atoms with Crippen LogP contribution >= 0.6 is 0 Å². The lowest BCUT2D eigenvalue weighted by Crippen LogP contribution is -2.00. The van der Waals surface area contributed by atoms with Crippen molar-refractivity contribution in [1.82, 2.24) is 4.98 Å². The first-order valence-corrected chi connectivity index (χ1v) is 6.53. The number of nitrogens with zero attached hydrogens (tertiary/aromatic N) is 1. The Morgan fingerprint density at radius 2 is 1.86 bits per heavy atom. The van der Waals surface area contributed by atoms with Crippen LogP contribution in [0.25, 0.3) is 11.3 Å². The Balaban J connectivity index is 2.26. The lowest BCUT2D eigenvalue weighted by molar-refractivity contribution is 0.371. The van der Waals surface area contributed by atoms with Crippen LogP contribution in [0.2, 0.25) is 0 Å². The molecule has 0 aliphatic carbocycles. The van der Waals surface area contributed by atoms with Gasteiger partial charge in [0.15, 0.2) is 0 Å². The summed E-state index contributed by atoms with van der Waals surface area (Å²) in [6, 6.07) is 9.82. The molecule has 2 aromatic rings. The summed E-state index contributed by atoms with van der Waals surface area (Å²) in [6.45, 7) is 9.71. The number of nitrogen functional groups attached to an aromatic ring is 1. The van der Waals surface area contributed by atoms with Gasteiger partial charge in [0.05, 0.1) is 12.8 Å².